The Morgan fingerprint density at radius 3 is 2.60 bits per heavy atom. The topological polar surface area (TPSA) is 77.2 Å². The van der Waals surface area contributed by atoms with E-state index in [2.05, 4.69) is 15.3 Å². The normalized spacial score (nSPS) is 20.6. The molecule has 1 amide bonds. The van der Waals surface area contributed by atoms with Crippen LogP contribution in [0.25, 0.3) is 6.08 Å². The number of amides is 1. The molecule has 1 N–H and O–H groups in total. The third-order valence-corrected chi connectivity index (χ3v) is 4.20. The van der Waals surface area contributed by atoms with Gasteiger partial charge >= 0.3 is 6.01 Å². The van der Waals surface area contributed by atoms with Crippen LogP contribution in [0.4, 0.5) is 0 Å². The Bertz CT molecular complexity index is 712. The summed E-state index contributed by atoms with van der Waals surface area (Å²) in [6.45, 7) is 3.87. The maximum Gasteiger partial charge on any atom is 0.317 e. The first-order chi connectivity index (χ1) is 12.1. The third-order valence-electron chi connectivity index (χ3n) is 4.20. The van der Waals surface area contributed by atoms with Crippen LogP contribution in [0.3, 0.4) is 0 Å². The molecule has 6 nitrogen and oxygen atoms in total. The number of nitrogens with zero attached hydrogens (tertiary/aromatic N) is 2. The van der Waals surface area contributed by atoms with E-state index in [1.165, 1.54) is 6.08 Å². The summed E-state index contributed by atoms with van der Waals surface area (Å²) in [4.78, 5) is 20.6. The van der Waals surface area contributed by atoms with Crippen molar-refractivity contribution in [2.24, 2.45) is 0 Å². The highest BCUT2D eigenvalue weighted by atomic mass is 16.5. The number of hydrogen-bond donors (Lipinski definition) is 1. The van der Waals surface area contributed by atoms with Crippen molar-refractivity contribution >= 4 is 12.0 Å². The molecule has 1 aliphatic rings. The monoisotopic (exact) mass is 341 g/mol. The summed E-state index contributed by atoms with van der Waals surface area (Å²) in [7, 11) is 0. The highest BCUT2D eigenvalue weighted by molar-refractivity contribution is 5.91. The second-order valence-electron chi connectivity index (χ2n) is 6.38. The number of nitrogens with one attached hydrogen (secondary N) is 1. The van der Waals surface area contributed by atoms with E-state index in [4.69, 9.17) is 9.15 Å². The fraction of sp³-hybridized carbons (Fsp3) is 0.421. The molecule has 0 bridgehead atoms. The number of carbonyl (C=O) groups is 1. The Labute approximate surface area is 147 Å². The van der Waals surface area contributed by atoms with E-state index in [1.54, 1.807) is 24.5 Å². The average Bonchev–Trinajstić information content (AvgIpc) is 3.07. The molecule has 2 aromatic rings. The lowest BCUT2D eigenvalue weighted by Crippen LogP contribution is -2.39. The van der Waals surface area contributed by atoms with Crippen molar-refractivity contribution in [3.63, 3.8) is 0 Å². The van der Waals surface area contributed by atoms with Crippen LogP contribution in [0.1, 0.15) is 42.8 Å². The number of furan rings is 1. The summed E-state index contributed by atoms with van der Waals surface area (Å²) in [5, 5.41) is 3.03. The first-order valence-electron chi connectivity index (χ1n) is 8.59. The summed E-state index contributed by atoms with van der Waals surface area (Å²) < 4.78 is 11.1. The molecule has 2 heterocycles. The van der Waals surface area contributed by atoms with E-state index in [1.807, 2.05) is 19.9 Å². The van der Waals surface area contributed by atoms with Crippen molar-refractivity contribution < 1.29 is 13.9 Å². The zero-order chi connectivity index (χ0) is 17.6. The van der Waals surface area contributed by atoms with E-state index in [-0.39, 0.29) is 18.1 Å². The van der Waals surface area contributed by atoms with Gasteiger partial charge in [0, 0.05) is 23.5 Å². The minimum atomic E-state index is -0.0987. The van der Waals surface area contributed by atoms with Crippen LogP contribution in [0, 0.1) is 13.8 Å². The van der Waals surface area contributed by atoms with Gasteiger partial charge in [0.1, 0.15) is 11.9 Å². The van der Waals surface area contributed by atoms with E-state index < -0.39 is 0 Å². The molecule has 132 valence electrons. The van der Waals surface area contributed by atoms with Gasteiger partial charge in [-0.2, -0.15) is 0 Å². The summed E-state index contributed by atoms with van der Waals surface area (Å²) in [5.41, 5.74) is 1.82. The molecule has 3 rings (SSSR count). The number of hydrogen-bond acceptors (Lipinski definition) is 5. The Morgan fingerprint density at radius 1 is 1.24 bits per heavy atom. The van der Waals surface area contributed by atoms with Gasteiger partial charge in [-0.3, -0.25) is 4.79 Å². The van der Waals surface area contributed by atoms with Crippen LogP contribution in [0.15, 0.2) is 35.0 Å². The Balaban J connectivity index is 1.44. The maximum atomic E-state index is 12.0. The van der Waals surface area contributed by atoms with Crippen LogP contribution in [-0.2, 0) is 4.79 Å². The van der Waals surface area contributed by atoms with Crippen LogP contribution >= 0.6 is 0 Å². The molecule has 0 atom stereocenters. The van der Waals surface area contributed by atoms with E-state index >= 15 is 0 Å². The molecule has 1 saturated carbocycles. The van der Waals surface area contributed by atoms with Gasteiger partial charge in [-0.05, 0) is 63.8 Å². The molecular formula is C19H23N3O3. The zero-order valence-corrected chi connectivity index (χ0v) is 14.6. The minimum Gasteiger partial charge on any atom is -0.465 e. The van der Waals surface area contributed by atoms with Crippen LogP contribution in [0.5, 0.6) is 6.01 Å². The predicted molar refractivity (Wildman–Crippen MR) is 94.1 cm³/mol. The van der Waals surface area contributed by atoms with Gasteiger partial charge in [-0.15, -0.1) is 0 Å². The minimum absolute atomic E-state index is 0.0987. The molecule has 1 aliphatic carbocycles. The highest BCUT2D eigenvalue weighted by Gasteiger charge is 2.24. The lowest BCUT2D eigenvalue weighted by Gasteiger charge is -2.28. The highest BCUT2D eigenvalue weighted by Crippen LogP contribution is 2.22. The molecule has 0 radical (unpaired) electrons. The number of ether oxygens (including phenoxy) is 1. The molecule has 0 saturated heterocycles. The van der Waals surface area contributed by atoms with Gasteiger partial charge in [0.05, 0.1) is 6.26 Å². The van der Waals surface area contributed by atoms with Crippen LogP contribution < -0.4 is 10.1 Å². The maximum absolute atomic E-state index is 12.0. The standard InChI is InChI=1S/C19H23N3O3/c1-13-12-14(2)21-19(20-13)25-17-7-5-15(6-8-17)22-18(23)10-9-16-4-3-11-24-16/h3-4,9-12,15,17H,5-8H2,1-2H3,(H,22,23)/b10-9+. The lowest BCUT2D eigenvalue weighted by atomic mass is 9.93. The average molecular weight is 341 g/mol. The first kappa shape index (κ1) is 17.2. The van der Waals surface area contributed by atoms with Gasteiger partial charge in [-0.25, -0.2) is 9.97 Å². The molecule has 0 aromatic carbocycles. The van der Waals surface area contributed by atoms with Gasteiger partial charge in [0.25, 0.3) is 0 Å². The van der Waals surface area contributed by atoms with E-state index in [0.717, 1.165) is 37.1 Å². The SMILES string of the molecule is Cc1cc(C)nc(OC2CCC(NC(=O)/C=C/c3ccco3)CC2)n1. The second-order valence-corrected chi connectivity index (χ2v) is 6.38. The zero-order valence-electron chi connectivity index (χ0n) is 14.6. The van der Waals surface area contributed by atoms with Gasteiger partial charge in [0.15, 0.2) is 0 Å². The quantitative estimate of drug-likeness (QED) is 0.845. The predicted octanol–water partition coefficient (Wildman–Crippen LogP) is 3.21. The number of aryl methyl sites for hydroxylation is 2. The van der Waals surface area contributed by atoms with Crippen molar-refractivity contribution in [3.8, 4) is 6.01 Å². The van der Waals surface area contributed by atoms with Crippen LogP contribution in [0.2, 0.25) is 0 Å². The molecule has 2 aromatic heterocycles. The molecule has 6 heteroatoms. The smallest absolute Gasteiger partial charge is 0.317 e. The molecule has 0 unspecified atom stereocenters. The Hall–Kier alpha value is -2.63. The van der Waals surface area contributed by atoms with Crippen LogP contribution in [-0.4, -0.2) is 28.0 Å². The molecule has 0 aliphatic heterocycles. The molecule has 1 fully saturated rings. The summed E-state index contributed by atoms with van der Waals surface area (Å²) in [5.74, 6) is 0.569. The fourth-order valence-corrected chi connectivity index (χ4v) is 3.01. The summed E-state index contributed by atoms with van der Waals surface area (Å²) in [6, 6.07) is 6.15. The Kier molecular flexibility index (Phi) is 5.48. The van der Waals surface area contributed by atoms with Crippen molar-refractivity contribution in [1.29, 1.82) is 0 Å². The Morgan fingerprint density at radius 2 is 1.96 bits per heavy atom. The van der Waals surface area contributed by atoms with Crippen molar-refractivity contribution in [2.75, 3.05) is 0 Å². The largest absolute Gasteiger partial charge is 0.465 e. The molecular weight excluding hydrogens is 318 g/mol. The van der Waals surface area contributed by atoms with Crippen molar-refractivity contribution in [1.82, 2.24) is 15.3 Å². The fourth-order valence-electron chi connectivity index (χ4n) is 3.01. The van der Waals surface area contributed by atoms with Crippen molar-refractivity contribution in [2.45, 2.75) is 51.7 Å². The third kappa shape index (κ3) is 5.17. The number of rotatable bonds is 5. The van der Waals surface area contributed by atoms with E-state index in [9.17, 15) is 4.79 Å². The molecule has 0 spiro atoms. The second kappa shape index (κ2) is 7.96. The molecule has 25 heavy (non-hydrogen) atoms. The number of aromatic nitrogens is 2. The van der Waals surface area contributed by atoms with Crippen molar-refractivity contribution in [3.05, 3.63) is 47.7 Å². The van der Waals surface area contributed by atoms with Gasteiger partial charge < -0.3 is 14.5 Å². The van der Waals surface area contributed by atoms with Gasteiger partial charge in [-0.1, -0.05) is 0 Å². The van der Waals surface area contributed by atoms with Gasteiger partial charge in [0.2, 0.25) is 5.91 Å². The van der Waals surface area contributed by atoms with E-state index in [0.29, 0.717) is 11.8 Å². The number of carbonyl (C=O) groups excluding carboxylic acids is 1. The summed E-state index contributed by atoms with van der Waals surface area (Å²) in [6.07, 6.45) is 8.38. The lowest BCUT2D eigenvalue weighted by molar-refractivity contribution is -0.117. The summed E-state index contributed by atoms with van der Waals surface area (Å²) >= 11 is 0. The first-order valence-corrected chi connectivity index (χ1v) is 8.59.